The number of nitrogens with zero attached hydrogens (tertiary/aromatic N) is 1. The highest BCUT2D eigenvalue weighted by molar-refractivity contribution is 5.93. The number of amides is 1. The molecule has 0 saturated carbocycles. The first-order chi connectivity index (χ1) is 13.2. The molecule has 2 aromatic carbocycles. The zero-order chi connectivity index (χ0) is 19.1. The number of aliphatic imine (C=N–C) groups is 1. The van der Waals surface area contributed by atoms with Gasteiger partial charge in [-0.15, -0.1) is 0 Å². The Morgan fingerprint density at radius 3 is 2.63 bits per heavy atom. The Balaban J connectivity index is 1.54. The molecule has 6 heteroatoms. The average molecular weight is 366 g/mol. The van der Waals surface area contributed by atoms with E-state index in [0.29, 0.717) is 18.7 Å². The quantitative estimate of drug-likeness (QED) is 0.541. The lowest BCUT2D eigenvalue weighted by Crippen LogP contribution is -2.42. The molecule has 142 valence electrons. The van der Waals surface area contributed by atoms with Crippen LogP contribution in [0.15, 0.2) is 53.5 Å². The summed E-state index contributed by atoms with van der Waals surface area (Å²) in [5.74, 6) is 1.65. The number of guanidine groups is 1. The van der Waals surface area contributed by atoms with E-state index < -0.39 is 0 Å². The predicted octanol–water partition coefficient (Wildman–Crippen LogP) is 2.10. The van der Waals surface area contributed by atoms with Gasteiger partial charge in [-0.3, -0.25) is 4.79 Å². The third-order valence-corrected chi connectivity index (χ3v) is 4.42. The molecule has 1 amide bonds. The normalized spacial score (nSPS) is 15.6. The number of carbonyl (C=O) groups is 1. The van der Waals surface area contributed by atoms with Crippen molar-refractivity contribution in [2.75, 3.05) is 20.1 Å². The summed E-state index contributed by atoms with van der Waals surface area (Å²) >= 11 is 0. The van der Waals surface area contributed by atoms with Crippen molar-refractivity contribution in [3.8, 4) is 5.75 Å². The van der Waals surface area contributed by atoms with Crippen LogP contribution in [0.5, 0.6) is 5.75 Å². The molecule has 2 aromatic rings. The maximum Gasteiger partial charge on any atom is 0.251 e. The second-order valence-electron chi connectivity index (χ2n) is 6.40. The highest BCUT2D eigenvalue weighted by Gasteiger charge is 2.22. The van der Waals surface area contributed by atoms with Gasteiger partial charge in [-0.25, -0.2) is 4.99 Å². The maximum absolute atomic E-state index is 11.6. The number of carbonyl (C=O) groups excluding carboxylic acids is 1. The minimum Gasteiger partial charge on any atom is -0.488 e. The van der Waals surface area contributed by atoms with Crippen LogP contribution in [0.4, 0.5) is 0 Å². The van der Waals surface area contributed by atoms with Gasteiger partial charge in [-0.05, 0) is 36.2 Å². The third-order valence-electron chi connectivity index (χ3n) is 4.42. The first-order valence-corrected chi connectivity index (χ1v) is 9.27. The molecule has 0 radical (unpaired) electrons. The fraction of sp³-hybridized carbons (Fsp3) is 0.333. The van der Waals surface area contributed by atoms with Gasteiger partial charge in [0.2, 0.25) is 0 Å². The van der Waals surface area contributed by atoms with E-state index >= 15 is 0 Å². The largest absolute Gasteiger partial charge is 0.488 e. The lowest BCUT2D eigenvalue weighted by Gasteiger charge is -2.15. The van der Waals surface area contributed by atoms with Crippen molar-refractivity contribution in [3.05, 3.63) is 65.2 Å². The Morgan fingerprint density at radius 2 is 1.93 bits per heavy atom. The van der Waals surface area contributed by atoms with Crippen LogP contribution in [-0.4, -0.2) is 38.1 Å². The predicted molar refractivity (Wildman–Crippen MR) is 107 cm³/mol. The van der Waals surface area contributed by atoms with Gasteiger partial charge >= 0.3 is 0 Å². The van der Waals surface area contributed by atoms with Gasteiger partial charge in [0.25, 0.3) is 5.91 Å². The molecule has 0 spiro atoms. The lowest BCUT2D eigenvalue weighted by atomic mass is 10.1. The van der Waals surface area contributed by atoms with Crippen LogP contribution >= 0.6 is 0 Å². The molecular formula is C21H26N4O2. The number of hydrogen-bond donors (Lipinski definition) is 3. The Hall–Kier alpha value is -3.02. The fourth-order valence-electron chi connectivity index (χ4n) is 3.00. The molecule has 0 aliphatic carbocycles. The van der Waals surface area contributed by atoms with E-state index in [4.69, 9.17) is 4.74 Å². The molecule has 27 heavy (non-hydrogen) atoms. The van der Waals surface area contributed by atoms with E-state index in [1.807, 2.05) is 49.4 Å². The van der Waals surface area contributed by atoms with E-state index in [-0.39, 0.29) is 12.0 Å². The summed E-state index contributed by atoms with van der Waals surface area (Å²) in [5.41, 5.74) is 2.94. The summed E-state index contributed by atoms with van der Waals surface area (Å²) in [7, 11) is 1.63. The van der Waals surface area contributed by atoms with Crippen molar-refractivity contribution in [1.82, 2.24) is 16.0 Å². The first kappa shape index (κ1) is 18.8. The van der Waals surface area contributed by atoms with Gasteiger partial charge in [-0.1, -0.05) is 30.3 Å². The summed E-state index contributed by atoms with van der Waals surface area (Å²) in [5, 5.41) is 9.23. The number of rotatable bonds is 6. The van der Waals surface area contributed by atoms with Crippen molar-refractivity contribution in [2.45, 2.75) is 26.0 Å². The number of ether oxygens (including phenoxy) is 1. The molecule has 1 atom stereocenters. The fourth-order valence-corrected chi connectivity index (χ4v) is 3.00. The van der Waals surface area contributed by atoms with Crippen molar-refractivity contribution in [1.29, 1.82) is 0 Å². The lowest BCUT2D eigenvalue weighted by molar-refractivity contribution is 0.0963. The van der Waals surface area contributed by atoms with Gasteiger partial charge in [0.05, 0.1) is 13.1 Å². The van der Waals surface area contributed by atoms with Crippen molar-refractivity contribution < 1.29 is 9.53 Å². The van der Waals surface area contributed by atoms with E-state index in [2.05, 4.69) is 27.0 Å². The monoisotopic (exact) mass is 366 g/mol. The smallest absolute Gasteiger partial charge is 0.251 e. The van der Waals surface area contributed by atoms with Gasteiger partial charge in [0, 0.05) is 25.6 Å². The molecule has 3 N–H and O–H groups in total. The number of nitrogens with one attached hydrogen (secondary N) is 3. The molecular weight excluding hydrogens is 340 g/mol. The molecule has 1 unspecified atom stereocenters. The third kappa shape index (κ3) is 5.00. The van der Waals surface area contributed by atoms with Gasteiger partial charge in [0.15, 0.2) is 5.96 Å². The molecule has 1 aliphatic heterocycles. The first-order valence-electron chi connectivity index (χ1n) is 9.27. The molecule has 0 aromatic heterocycles. The second kappa shape index (κ2) is 9.07. The second-order valence-corrected chi connectivity index (χ2v) is 6.40. The van der Waals surface area contributed by atoms with Crippen LogP contribution in [0, 0.1) is 0 Å². The van der Waals surface area contributed by atoms with Crippen LogP contribution in [0.2, 0.25) is 0 Å². The maximum atomic E-state index is 11.6. The zero-order valence-electron chi connectivity index (χ0n) is 15.8. The van der Waals surface area contributed by atoms with Crippen LogP contribution in [-0.2, 0) is 13.0 Å². The highest BCUT2D eigenvalue weighted by Crippen LogP contribution is 2.27. The van der Waals surface area contributed by atoms with E-state index in [1.165, 1.54) is 5.56 Å². The molecule has 0 bridgehead atoms. The van der Waals surface area contributed by atoms with Crippen molar-refractivity contribution in [3.63, 3.8) is 0 Å². The van der Waals surface area contributed by atoms with Crippen LogP contribution in [0.1, 0.15) is 28.4 Å². The summed E-state index contributed by atoms with van der Waals surface area (Å²) in [6.45, 7) is 4.05. The Morgan fingerprint density at radius 1 is 1.15 bits per heavy atom. The minimum atomic E-state index is -0.0855. The standard InChI is InChI=1S/C21H26N4O2/c1-3-23-21(24-13-15-8-10-16(11-9-15)20(26)22-2)25-14-18-12-17-6-4-5-7-19(17)27-18/h4-11,18H,3,12-14H2,1-2H3,(H,22,26)(H2,23,24,25). The summed E-state index contributed by atoms with van der Waals surface area (Å²) < 4.78 is 5.96. The highest BCUT2D eigenvalue weighted by atomic mass is 16.5. The van der Waals surface area contributed by atoms with Crippen LogP contribution < -0.4 is 20.7 Å². The van der Waals surface area contributed by atoms with Gasteiger partial charge in [0.1, 0.15) is 11.9 Å². The molecule has 1 aliphatic rings. The van der Waals surface area contributed by atoms with E-state index in [1.54, 1.807) is 7.05 Å². The van der Waals surface area contributed by atoms with Gasteiger partial charge < -0.3 is 20.7 Å². The molecule has 0 fully saturated rings. The van der Waals surface area contributed by atoms with E-state index in [9.17, 15) is 4.79 Å². The number of fused-ring (bicyclic) bond motifs is 1. The van der Waals surface area contributed by atoms with Gasteiger partial charge in [-0.2, -0.15) is 0 Å². The summed E-state index contributed by atoms with van der Waals surface area (Å²) in [4.78, 5) is 16.2. The van der Waals surface area contributed by atoms with Crippen molar-refractivity contribution in [2.24, 2.45) is 4.99 Å². The number of benzene rings is 2. The molecule has 6 nitrogen and oxygen atoms in total. The van der Waals surface area contributed by atoms with Crippen LogP contribution in [0.3, 0.4) is 0 Å². The number of hydrogen-bond acceptors (Lipinski definition) is 3. The van der Waals surface area contributed by atoms with E-state index in [0.717, 1.165) is 30.2 Å². The zero-order valence-corrected chi connectivity index (χ0v) is 15.8. The summed E-state index contributed by atoms with van der Waals surface area (Å²) in [6, 6.07) is 15.6. The Bertz CT molecular complexity index is 777. The number of para-hydroxylation sites is 1. The van der Waals surface area contributed by atoms with Crippen molar-refractivity contribution >= 4 is 11.9 Å². The minimum absolute atomic E-state index is 0.0855. The topological polar surface area (TPSA) is 74.8 Å². The Kier molecular flexibility index (Phi) is 6.30. The SMILES string of the molecule is CCNC(=NCc1ccc(C(=O)NC)cc1)NCC1Cc2ccccc2O1. The average Bonchev–Trinajstić information content (AvgIpc) is 3.13. The molecule has 0 saturated heterocycles. The molecule has 1 heterocycles. The summed E-state index contributed by atoms with van der Waals surface area (Å²) in [6.07, 6.45) is 1.02. The van der Waals surface area contributed by atoms with Crippen LogP contribution in [0.25, 0.3) is 0 Å². The molecule has 3 rings (SSSR count). The Labute approximate surface area is 160 Å².